The number of quaternary nitrogens is 2. The molecule has 0 aliphatic carbocycles. The molecule has 7 heteroatoms. The highest BCUT2D eigenvalue weighted by molar-refractivity contribution is 7.43. The molecule has 0 atom stereocenters. The van der Waals surface area contributed by atoms with E-state index in [9.17, 15) is 14.4 Å². The Bertz CT molecular complexity index is 147. The first kappa shape index (κ1) is 20.4. The van der Waals surface area contributed by atoms with E-state index in [0.29, 0.717) is 0 Å². The molecule has 0 amide bonds. The Labute approximate surface area is 93.1 Å². The molecule has 0 heterocycles. The van der Waals surface area contributed by atoms with Crippen molar-refractivity contribution >= 4 is 7.82 Å². The third kappa shape index (κ3) is 125. The predicted molar refractivity (Wildman–Crippen MR) is 56.7 cm³/mol. The average Bonchev–Trinajstić information content (AvgIpc) is 1.79. The average molecular weight is 244 g/mol. The van der Waals surface area contributed by atoms with Gasteiger partial charge in [0, 0.05) is 6.61 Å². The third-order valence-corrected chi connectivity index (χ3v) is 0.862. The third-order valence-electron chi connectivity index (χ3n) is 0.287. The van der Waals surface area contributed by atoms with E-state index in [1.54, 1.807) is 0 Å². The second-order valence-electron chi connectivity index (χ2n) is 3.86. The molecule has 0 aromatic heterocycles. The maximum absolute atomic E-state index is 9.48. The van der Waals surface area contributed by atoms with Crippen molar-refractivity contribution in [3.63, 3.8) is 0 Å². The van der Waals surface area contributed by atoms with Gasteiger partial charge in [-0.25, -0.2) is 0 Å². The molecule has 96 valence electrons. The van der Waals surface area contributed by atoms with Crippen molar-refractivity contribution < 1.29 is 28.7 Å². The second kappa shape index (κ2) is 12.1. The smallest absolute Gasteiger partial charge is 0.0661 e. The van der Waals surface area contributed by atoms with Crippen LogP contribution in [-0.2, 0) is 9.09 Å². The van der Waals surface area contributed by atoms with Gasteiger partial charge in [0.1, 0.15) is 0 Å². The summed E-state index contributed by atoms with van der Waals surface area (Å²) in [5.41, 5.74) is 0. The lowest BCUT2D eigenvalue weighted by molar-refractivity contribution is -0.836. The molecule has 0 radical (unpaired) electrons. The Balaban J connectivity index is -0.000000155. The van der Waals surface area contributed by atoms with E-state index in [2.05, 4.69) is 46.8 Å². The normalized spacial score (nSPS) is 10.3. The van der Waals surface area contributed by atoms with Gasteiger partial charge >= 0.3 is 0 Å². The molecule has 0 aliphatic rings. The van der Waals surface area contributed by atoms with Crippen LogP contribution in [0.3, 0.4) is 0 Å². The SMILES string of the molecule is CCOP(=O)([O-])[O-].C[NH+](C)C.C[NH+](C)C. The van der Waals surface area contributed by atoms with Crippen molar-refractivity contribution in [2.45, 2.75) is 6.92 Å². The number of rotatable bonds is 2. The van der Waals surface area contributed by atoms with E-state index >= 15 is 0 Å². The Morgan fingerprint density at radius 3 is 1.20 bits per heavy atom. The van der Waals surface area contributed by atoms with Crippen LogP contribution in [0.5, 0.6) is 0 Å². The lowest BCUT2D eigenvalue weighted by atomic mass is 10.9. The zero-order valence-electron chi connectivity index (χ0n) is 10.8. The summed E-state index contributed by atoms with van der Waals surface area (Å²) in [5, 5.41) is 0. The highest BCUT2D eigenvalue weighted by Gasteiger charge is 1.81. The van der Waals surface area contributed by atoms with Crippen LogP contribution in [0.1, 0.15) is 6.92 Å². The van der Waals surface area contributed by atoms with Gasteiger partial charge < -0.3 is 28.7 Å². The van der Waals surface area contributed by atoms with Crippen molar-refractivity contribution in [1.29, 1.82) is 0 Å². The molecular weight excluding hydrogens is 219 g/mol. The Hall–Kier alpha value is 0.0300. The van der Waals surface area contributed by atoms with E-state index in [4.69, 9.17) is 0 Å². The molecule has 0 spiro atoms. The van der Waals surface area contributed by atoms with Crippen LogP contribution in [-0.4, -0.2) is 48.9 Å². The summed E-state index contributed by atoms with van der Waals surface area (Å²) in [6.45, 7) is 1.35. The van der Waals surface area contributed by atoms with Gasteiger partial charge in [0.2, 0.25) is 0 Å². The predicted octanol–water partition coefficient (Wildman–Crippen LogP) is -3.63. The van der Waals surface area contributed by atoms with Gasteiger partial charge in [-0.1, -0.05) is 0 Å². The zero-order valence-corrected chi connectivity index (χ0v) is 11.7. The summed E-state index contributed by atoms with van der Waals surface area (Å²) in [6.07, 6.45) is 0. The minimum atomic E-state index is -4.67. The number of hydrogen-bond donors (Lipinski definition) is 2. The topological polar surface area (TPSA) is 81.3 Å². The molecular formula is C8H25N2O4P. The van der Waals surface area contributed by atoms with E-state index < -0.39 is 7.82 Å². The minimum Gasteiger partial charge on any atom is -0.790 e. The quantitative estimate of drug-likeness (QED) is 0.491. The largest absolute Gasteiger partial charge is 0.790 e. The first-order valence-electron chi connectivity index (χ1n) is 4.73. The number of phosphoric ester groups is 1. The van der Waals surface area contributed by atoms with Crippen LogP contribution in [0.15, 0.2) is 0 Å². The number of nitrogens with one attached hydrogen (secondary N) is 2. The van der Waals surface area contributed by atoms with Crippen molar-refractivity contribution in [2.75, 3.05) is 48.9 Å². The van der Waals surface area contributed by atoms with Crippen LogP contribution < -0.4 is 19.6 Å². The van der Waals surface area contributed by atoms with Crippen LogP contribution >= 0.6 is 7.82 Å². The van der Waals surface area contributed by atoms with Gasteiger partial charge in [0.15, 0.2) is 0 Å². The van der Waals surface area contributed by atoms with Gasteiger partial charge in [-0.2, -0.15) is 0 Å². The molecule has 0 unspecified atom stereocenters. The highest BCUT2D eigenvalue weighted by Crippen LogP contribution is 2.23. The van der Waals surface area contributed by atoms with Gasteiger partial charge in [-0.05, 0) is 6.92 Å². The zero-order chi connectivity index (χ0) is 13.1. The molecule has 0 bridgehead atoms. The summed E-state index contributed by atoms with van der Waals surface area (Å²) >= 11 is 0. The van der Waals surface area contributed by atoms with E-state index in [1.165, 1.54) is 16.7 Å². The van der Waals surface area contributed by atoms with E-state index in [0.717, 1.165) is 0 Å². The molecule has 0 aromatic rings. The maximum Gasteiger partial charge on any atom is 0.0661 e. The maximum atomic E-state index is 9.48. The Morgan fingerprint density at radius 1 is 1.00 bits per heavy atom. The molecule has 15 heavy (non-hydrogen) atoms. The van der Waals surface area contributed by atoms with E-state index in [1.807, 2.05) is 0 Å². The molecule has 0 aliphatic heterocycles. The minimum absolute atomic E-state index is 0.0791. The molecule has 0 fully saturated rings. The van der Waals surface area contributed by atoms with Gasteiger partial charge in [-0.15, -0.1) is 0 Å². The van der Waals surface area contributed by atoms with Crippen LogP contribution in [0.4, 0.5) is 0 Å². The summed E-state index contributed by atoms with van der Waals surface area (Å²) in [6, 6.07) is 0. The number of phosphoric acid groups is 1. The van der Waals surface area contributed by atoms with Crippen molar-refractivity contribution in [1.82, 2.24) is 0 Å². The molecule has 0 saturated carbocycles. The molecule has 2 N–H and O–H groups in total. The van der Waals surface area contributed by atoms with E-state index in [-0.39, 0.29) is 6.61 Å². The standard InChI is InChI=1S/2C3H9N.C2H7O4P/c2*1-4(2)3;1-2-6-7(3,4)5/h2*1-3H3;2H2,1H3,(H2,3,4,5). The first-order valence-corrected chi connectivity index (χ1v) is 6.19. The molecule has 0 saturated heterocycles. The molecule has 0 aromatic carbocycles. The fraction of sp³-hybridized carbons (Fsp3) is 1.00. The highest BCUT2D eigenvalue weighted by atomic mass is 31.2. The lowest BCUT2D eigenvalue weighted by Crippen LogP contribution is -3.02. The van der Waals surface area contributed by atoms with Gasteiger partial charge in [0.25, 0.3) is 0 Å². The number of hydrogen-bond acceptors (Lipinski definition) is 4. The lowest BCUT2D eigenvalue weighted by Gasteiger charge is -2.27. The monoisotopic (exact) mass is 244 g/mol. The summed E-state index contributed by atoms with van der Waals surface area (Å²) in [5.74, 6) is 0. The second-order valence-corrected chi connectivity index (χ2v) is 5.02. The fourth-order valence-corrected chi connectivity index (χ4v) is 0.474. The van der Waals surface area contributed by atoms with Gasteiger partial charge in [-0.3, -0.25) is 0 Å². The van der Waals surface area contributed by atoms with Crippen LogP contribution in [0, 0.1) is 0 Å². The van der Waals surface area contributed by atoms with Crippen molar-refractivity contribution in [2.24, 2.45) is 0 Å². The van der Waals surface area contributed by atoms with Crippen LogP contribution in [0.2, 0.25) is 0 Å². The first-order chi connectivity index (χ1) is 6.52. The summed E-state index contributed by atoms with van der Waals surface area (Å²) < 4.78 is 13.2. The molecule has 6 nitrogen and oxygen atoms in total. The molecule has 0 rings (SSSR count). The van der Waals surface area contributed by atoms with Crippen molar-refractivity contribution in [3.05, 3.63) is 0 Å². The van der Waals surface area contributed by atoms with Crippen LogP contribution in [0.25, 0.3) is 0 Å². The van der Waals surface area contributed by atoms with Crippen molar-refractivity contribution in [3.8, 4) is 0 Å². The summed E-state index contributed by atoms with van der Waals surface area (Å²) in [7, 11) is 7.83. The Morgan fingerprint density at radius 2 is 1.20 bits per heavy atom. The summed E-state index contributed by atoms with van der Waals surface area (Å²) in [4.78, 5) is 21.8. The Kier molecular flexibility index (Phi) is 16.5. The fourth-order valence-electron chi connectivity index (χ4n) is 0.158. The van der Waals surface area contributed by atoms with Gasteiger partial charge in [0.05, 0.1) is 50.1 Å².